The summed E-state index contributed by atoms with van der Waals surface area (Å²) in [6.07, 6.45) is 2.92. The lowest BCUT2D eigenvalue weighted by molar-refractivity contribution is 0.564. The molecule has 0 spiro atoms. The summed E-state index contributed by atoms with van der Waals surface area (Å²) in [5.74, 6) is 0.341. The monoisotopic (exact) mass is 165 g/mol. The molecule has 6 heteroatoms. The number of anilines is 1. The predicted molar refractivity (Wildman–Crippen MR) is 40.9 cm³/mol. The molecule has 0 amide bonds. The predicted octanol–water partition coefficient (Wildman–Crippen LogP) is 0.0523. The molecule has 0 atom stereocenters. The van der Waals surface area contributed by atoms with E-state index in [4.69, 9.17) is 10.2 Å². The van der Waals surface area contributed by atoms with Crippen molar-refractivity contribution in [3.05, 3.63) is 12.6 Å². The minimum atomic E-state index is 0.341. The molecule has 0 aliphatic rings. The summed E-state index contributed by atoms with van der Waals surface area (Å²) in [7, 11) is 1.77. The van der Waals surface area contributed by atoms with Crippen molar-refractivity contribution in [1.29, 1.82) is 0 Å². The van der Waals surface area contributed by atoms with Gasteiger partial charge in [-0.15, -0.1) is 10.2 Å². The largest absolute Gasteiger partial charge is 0.422 e. The first-order valence-corrected chi connectivity index (χ1v) is 3.33. The number of aromatic nitrogens is 4. The minimum Gasteiger partial charge on any atom is -0.422 e. The molecule has 0 aliphatic heterocycles. The number of nitrogens with zero attached hydrogens (tertiary/aromatic N) is 4. The van der Waals surface area contributed by atoms with Crippen LogP contribution in [0.3, 0.4) is 0 Å². The molecule has 0 saturated carbocycles. The number of aryl methyl sites for hydroxylation is 1. The van der Waals surface area contributed by atoms with Crippen LogP contribution < -0.4 is 5.73 Å². The second-order valence-corrected chi connectivity index (χ2v) is 2.35. The van der Waals surface area contributed by atoms with E-state index in [0.29, 0.717) is 17.3 Å². The number of nitrogen functional groups attached to an aromatic ring is 1. The molecule has 0 aromatic carbocycles. The van der Waals surface area contributed by atoms with Crippen LogP contribution in [-0.4, -0.2) is 20.0 Å². The molecule has 2 heterocycles. The molecule has 0 bridgehead atoms. The van der Waals surface area contributed by atoms with Gasteiger partial charge in [0.2, 0.25) is 6.39 Å². The van der Waals surface area contributed by atoms with E-state index in [0.717, 1.165) is 0 Å². The van der Waals surface area contributed by atoms with Gasteiger partial charge in [0.05, 0.1) is 5.69 Å². The van der Waals surface area contributed by atoms with E-state index < -0.39 is 0 Å². The van der Waals surface area contributed by atoms with Crippen LogP contribution in [0.5, 0.6) is 0 Å². The first kappa shape index (κ1) is 6.84. The van der Waals surface area contributed by atoms with Crippen LogP contribution in [0.25, 0.3) is 11.6 Å². The maximum absolute atomic E-state index is 5.62. The van der Waals surface area contributed by atoms with Gasteiger partial charge in [-0.25, -0.2) is 0 Å². The van der Waals surface area contributed by atoms with Crippen LogP contribution in [0, 0.1) is 0 Å². The third-order valence-corrected chi connectivity index (χ3v) is 1.42. The molecule has 2 rings (SSSR count). The molecule has 0 radical (unpaired) electrons. The number of hydrogen-bond acceptors (Lipinski definition) is 5. The van der Waals surface area contributed by atoms with E-state index in [9.17, 15) is 0 Å². The van der Waals surface area contributed by atoms with Gasteiger partial charge in [0.25, 0.3) is 5.89 Å². The Labute approximate surface area is 68.0 Å². The highest BCUT2D eigenvalue weighted by atomic mass is 16.4. The van der Waals surface area contributed by atoms with Crippen LogP contribution >= 0.6 is 0 Å². The van der Waals surface area contributed by atoms with Crippen molar-refractivity contribution in [3.63, 3.8) is 0 Å². The Morgan fingerprint density at radius 3 is 2.92 bits per heavy atom. The highest BCUT2D eigenvalue weighted by Gasteiger charge is 2.11. The number of hydrogen-bond donors (Lipinski definition) is 1. The maximum Gasteiger partial charge on any atom is 0.270 e. The molecule has 0 unspecified atom stereocenters. The zero-order valence-electron chi connectivity index (χ0n) is 6.43. The van der Waals surface area contributed by atoms with E-state index in [-0.39, 0.29) is 0 Å². The Morgan fingerprint density at radius 1 is 1.58 bits per heavy atom. The fourth-order valence-electron chi connectivity index (χ4n) is 0.949. The van der Waals surface area contributed by atoms with Gasteiger partial charge >= 0.3 is 0 Å². The van der Waals surface area contributed by atoms with E-state index >= 15 is 0 Å². The average Bonchev–Trinajstić information content (AvgIpc) is 2.58. The van der Waals surface area contributed by atoms with Gasteiger partial charge in [-0.3, -0.25) is 4.68 Å². The summed E-state index contributed by atoms with van der Waals surface area (Å²) >= 11 is 0. The summed E-state index contributed by atoms with van der Waals surface area (Å²) < 4.78 is 6.53. The summed E-state index contributed by atoms with van der Waals surface area (Å²) in [5, 5.41) is 11.3. The van der Waals surface area contributed by atoms with Gasteiger partial charge in [-0.2, -0.15) is 5.10 Å². The Bertz CT molecular complexity index is 377. The van der Waals surface area contributed by atoms with Gasteiger partial charge in [0.1, 0.15) is 0 Å². The Balaban J connectivity index is 2.54. The zero-order chi connectivity index (χ0) is 8.55. The first-order valence-electron chi connectivity index (χ1n) is 3.33. The topological polar surface area (TPSA) is 82.8 Å². The highest BCUT2D eigenvalue weighted by molar-refractivity contribution is 5.64. The Kier molecular flexibility index (Phi) is 1.33. The number of nitrogens with two attached hydrogens (primary N) is 1. The van der Waals surface area contributed by atoms with Crippen molar-refractivity contribution in [2.75, 3.05) is 5.73 Å². The van der Waals surface area contributed by atoms with Crippen molar-refractivity contribution in [2.45, 2.75) is 0 Å². The normalized spacial score (nSPS) is 10.4. The van der Waals surface area contributed by atoms with Gasteiger partial charge in [0.15, 0.2) is 5.69 Å². The molecule has 2 aromatic rings. The van der Waals surface area contributed by atoms with E-state index in [1.807, 2.05) is 0 Å². The van der Waals surface area contributed by atoms with Gasteiger partial charge in [-0.1, -0.05) is 0 Å². The van der Waals surface area contributed by atoms with Gasteiger partial charge in [-0.05, 0) is 0 Å². The third-order valence-electron chi connectivity index (χ3n) is 1.42. The molecule has 0 fully saturated rings. The van der Waals surface area contributed by atoms with Crippen LogP contribution in [0.1, 0.15) is 0 Å². The standard InChI is InChI=1S/C6H7N5O/c1-11-2-4(7)5(10-11)6-9-8-3-12-6/h2-3H,7H2,1H3. The smallest absolute Gasteiger partial charge is 0.270 e. The van der Waals surface area contributed by atoms with Crippen LogP contribution in [0.15, 0.2) is 17.0 Å². The fraction of sp³-hybridized carbons (Fsp3) is 0.167. The van der Waals surface area contributed by atoms with Crippen molar-refractivity contribution in [2.24, 2.45) is 7.05 Å². The van der Waals surface area contributed by atoms with Crippen molar-refractivity contribution in [1.82, 2.24) is 20.0 Å². The lowest BCUT2D eigenvalue weighted by Gasteiger charge is -1.86. The summed E-state index contributed by atoms with van der Waals surface area (Å²) in [4.78, 5) is 0. The Hall–Kier alpha value is -1.85. The van der Waals surface area contributed by atoms with Gasteiger partial charge < -0.3 is 10.2 Å². The first-order chi connectivity index (χ1) is 5.77. The summed E-state index contributed by atoms with van der Waals surface area (Å²) in [6.45, 7) is 0. The van der Waals surface area contributed by atoms with Crippen LogP contribution in [-0.2, 0) is 7.05 Å². The maximum atomic E-state index is 5.62. The molecule has 12 heavy (non-hydrogen) atoms. The zero-order valence-corrected chi connectivity index (χ0v) is 6.43. The molecule has 0 aliphatic carbocycles. The highest BCUT2D eigenvalue weighted by Crippen LogP contribution is 2.20. The Morgan fingerprint density at radius 2 is 2.42 bits per heavy atom. The van der Waals surface area contributed by atoms with Crippen LogP contribution in [0.4, 0.5) is 5.69 Å². The second kappa shape index (κ2) is 2.33. The number of rotatable bonds is 1. The molecular weight excluding hydrogens is 158 g/mol. The van der Waals surface area contributed by atoms with Crippen molar-refractivity contribution >= 4 is 5.69 Å². The minimum absolute atomic E-state index is 0.341. The van der Waals surface area contributed by atoms with E-state index in [2.05, 4.69) is 15.3 Å². The molecular formula is C6H7N5O. The summed E-state index contributed by atoms with van der Waals surface area (Å²) in [6, 6.07) is 0. The molecule has 2 N–H and O–H groups in total. The van der Waals surface area contributed by atoms with E-state index in [1.165, 1.54) is 6.39 Å². The molecule has 62 valence electrons. The third kappa shape index (κ3) is 0.931. The molecule has 6 nitrogen and oxygen atoms in total. The molecule has 0 saturated heterocycles. The fourth-order valence-corrected chi connectivity index (χ4v) is 0.949. The lowest BCUT2D eigenvalue weighted by atomic mass is 10.4. The lowest BCUT2D eigenvalue weighted by Crippen LogP contribution is -1.88. The van der Waals surface area contributed by atoms with E-state index in [1.54, 1.807) is 17.9 Å². The van der Waals surface area contributed by atoms with Crippen molar-refractivity contribution in [3.8, 4) is 11.6 Å². The van der Waals surface area contributed by atoms with Gasteiger partial charge in [0, 0.05) is 13.2 Å². The van der Waals surface area contributed by atoms with Crippen LogP contribution in [0.2, 0.25) is 0 Å². The molecule has 2 aromatic heterocycles. The SMILES string of the molecule is Cn1cc(N)c(-c2nnco2)n1. The quantitative estimate of drug-likeness (QED) is 0.645. The summed E-state index contributed by atoms with van der Waals surface area (Å²) in [5.41, 5.74) is 6.67. The average molecular weight is 165 g/mol. The van der Waals surface area contributed by atoms with Crippen molar-refractivity contribution < 1.29 is 4.42 Å². The second-order valence-electron chi connectivity index (χ2n) is 2.35.